The van der Waals surface area contributed by atoms with E-state index in [0.29, 0.717) is 19.8 Å². The molecular weight excluding hydrogens is 232 g/mol. The molecule has 7 heteroatoms. The first-order valence-corrected chi connectivity index (χ1v) is 5.54. The Hall–Kier alpha value is -0.280. The molecule has 2 unspecified atom stereocenters. The third kappa shape index (κ3) is 9.42. The first kappa shape index (κ1) is 16.7. The predicted molar refractivity (Wildman–Crippen MR) is 58.6 cm³/mol. The Balaban J connectivity index is 3.31. The monoisotopic (exact) mass is 254 g/mol. The maximum atomic E-state index is 9.20. The van der Waals surface area contributed by atoms with Gasteiger partial charge < -0.3 is 34.6 Å². The average molecular weight is 254 g/mol. The van der Waals surface area contributed by atoms with Crippen molar-refractivity contribution in [1.82, 2.24) is 0 Å². The van der Waals surface area contributed by atoms with E-state index in [0.717, 1.165) is 0 Å². The molecule has 0 aliphatic carbocycles. The Morgan fingerprint density at radius 2 is 1.35 bits per heavy atom. The van der Waals surface area contributed by atoms with Gasteiger partial charge in [0.2, 0.25) is 0 Å². The maximum Gasteiger partial charge on any atom is 0.109 e. The quantitative estimate of drug-likeness (QED) is 0.291. The minimum atomic E-state index is -1.09. The minimum Gasteiger partial charge on any atom is -0.394 e. The van der Waals surface area contributed by atoms with Gasteiger partial charge in [0.1, 0.15) is 12.2 Å². The normalized spacial score (nSPS) is 14.8. The van der Waals surface area contributed by atoms with E-state index in [-0.39, 0.29) is 26.4 Å². The minimum absolute atomic E-state index is 0.0136. The van der Waals surface area contributed by atoms with E-state index >= 15 is 0 Å². The summed E-state index contributed by atoms with van der Waals surface area (Å²) in [6.07, 6.45) is -1.89. The first-order chi connectivity index (χ1) is 8.26. The van der Waals surface area contributed by atoms with Gasteiger partial charge in [0.25, 0.3) is 0 Å². The molecule has 2 atom stereocenters. The lowest BCUT2D eigenvalue weighted by molar-refractivity contribution is -0.0928. The summed E-state index contributed by atoms with van der Waals surface area (Å²) in [4.78, 5) is 0. The van der Waals surface area contributed by atoms with E-state index < -0.39 is 18.8 Å². The van der Waals surface area contributed by atoms with Crippen LogP contribution < -0.4 is 0 Å². The zero-order valence-corrected chi connectivity index (χ0v) is 9.83. The van der Waals surface area contributed by atoms with E-state index in [1.165, 1.54) is 0 Å². The summed E-state index contributed by atoms with van der Waals surface area (Å²) in [6, 6.07) is 0. The summed E-state index contributed by atoms with van der Waals surface area (Å²) in [5.74, 6) is 0. The molecule has 0 saturated heterocycles. The molecule has 0 aliphatic rings. The molecule has 0 aromatic heterocycles. The second-order valence-corrected chi connectivity index (χ2v) is 3.29. The second-order valence-electron chi connectivity index (χ2n) is 3.29. The van der Waals surface area contributed by atoms with Crippen molar-refractivity contribution in [2.24, 2.45) is 0 Å². The molecule has 0 aromatic carbocycles. The van der Waals surface area contributed by atoms with Gasteiger partial charge in [0, 0.05) is 0 Å². The van der Waals surface area contributed by atoms with E-state index in [4.69, 9.17) is 29.5 Å². The number of aliphatic hydroxyl groups excluding tert-OH is 4. The first-order valence-electron chi connectivity index (χ1n) is 5.54. The van der Waals surface area contributed by atoms with Crippen LogP contribution in [0.15, 0.2) is 0 Å². The summed E-state index contributed by atoms with van der Waals surface area (Å²) >= 11 is 0. The molecule has 0 spiro atoms. The van der Waals surface area contributed by atoms with Crippen molar-refractivity contribution in [2.45, 2.75) is 12.2 Å². The zero-order valence-electron chi connectivity index (χ0n) is 9.83. The Kier molecular flexibility index (Phi) is 12.0. The highest BCUT2D eigenvalue weighted by Crippen LogP contribution is 1.98. The summed E-state index contributed by atoms with van der Waals surface area (Å²) in [6.45, 7) is 0.746. The molecule has 0 bridgehead atoms. The number of ether oxygens (including phenoxy) is 3. The lowest BCUT2D eigenvalue weighted by Crippen LogP contribution is -2.36. The van der Waals surface area contributed by atoms with Gasteiger partial charge in [-0.1, -0.05) is 0 Å². The summed E-state index contributed by atoms with van der Waals surface area (Å²) in [7, 11) is 0. The third-order valence-corrected chi connectivity index (χ3v) is 1.96. The van der Waals surface area contributed by atoms with Crippen LogP contribution in [0.1, 0.15) is 0 Å². The standard InChI is InChI=1S/C10H22O7/c11-1-2-15-3-4-16-5-6-17-10(8-13)9(14)7-12/h9-14H,1-8H2. The highest BCUT2D eigenvalue weighted by molar-refractivity contribution is 4.66. The van der Waals surface area contributed by atoms with Crippen molar-refractivity contribution in [3.8, 4) is 0 Å². The van der Waals surface area contributed by atoms with Crippen LogP contribution in [0.4, 0.5) is 0 Å². The van der Waals surface area contributed by atoms with Crippen LogP contribution >= 0.6 is 0 Å². The Morgan fingerprint density at radius 1 is 0.765 bits per heavy atom. The molecule has 0 saturated carbocycles. The molecule has 7 nitrogen and oxygen atoms in total. The number of hydrogen-bond acceptors (Lipinski definition) is 7. The molecule has 0 rings (SSSR count). The van der Waals surface area contributed by atoms with Gasteiger partial charge in [0.05, 0.1) is 52.9 Å². The lowest BCUT2D eigenvalue weighted by Gasteiger charge is -2.19. The van der Waals surface area contributed by atoms with Crippen LogP contribution in [-0.2, 0) is 14.2 Å². The summed E-state index contributed by atoms with van der Waals surface area (Å²) in [5, 5.41) is 35.1. The predicted octanol–water partition coefficient (Wildman–Crippen LogP) is -2.26. The molecule has 104 valence electrons. The van der Waals surface area contributed by atoms with Crippen molar-refractivity contribution in [1.29, 1.82) is 0 Å². The molecular formula is C10H22O7. The summed E-state index contributed by atoms with van der Waals surface area (Å²) < 4.78 is 15.2. The Morgan fingerprint density at radius 3 is 1.88 bits per heavy atom. The van der Waals surface area contributed by atoms with Gasteiger partial charge in [-0.3, -0.25) is 0 Å². The zero-order chi connectivity index (χ0) is 12.9. The van der Waals surface area contributed by atoms with Crippen molar-refractivity contribution in [3.05, 3.63) is 0 Å². The van der Waals surface area contributed by atoms with E-state index in [9.17, 15) is 5.11 Å². The SMILES string of the molecule is OCCOCCOCCOC(CO)C(O)CO. The van der Waals surface area contributed by atoms with Crippen LogP contribution in [0.2, 0.25) is 0 Å². The molecule has 0 aliphatic heterocycles. The molecule has 0 fully saturated rings. The third-order valence-electron chi connectivity index (χ3n) is 1.96. The molecule has 0 aromatic rings. The fraction of sp³-hybridized carbons (Fsp3) is 1.00. The lowest BCUT2D eigenvalue weighted by atomic mass is 10.2. The second kappa shape index (κ2) is 12.2. The highest BCUT2D eigenvalue weighted by atomic mass is 16.6. The van der Waals surface area contributed by atoms with E-state index in [2.05, 4.69) is 0 Å². The van der Waals surface area contributed by atoms with Crippen LogP contribution in [0.3, 0.4) is 0 Å². The number of hydrogen-bond donors (Lipinski definition) is 4. The van der Waals surface area contributed by atoms with Gasteiger partial charge in [-0.25, -0.2) is 0 Å². The van der Waals surface area contributed by atoms with Crippen molar-refractivity contribution < 1.29 is 34.6 Å². The molecule has 4 N–H and O–H groups in total. The van der Waals surface area contributed by atoms with Crippen molar-refractivity contribution in [3.63, 3.8) is 0 Å². The maximum absolute atomic E-state index is 9.20. The van der Waals surface area contributed by atoms with Gasteiger partial charge >= 0.3 is 0 Å². The van der Waals surface area contributed by atoms with Gasteiger partial charge in [-0.15, -0.1) is 0 Å². The average Bonchev–Trinajstić information content (AvgIpc) is 2.36. The summed E-state index contributed by atoms with van der Waals surface area (Å²) in [5.41, 5.74) is 0. The van der Waals surface area contributed by atoms with Gasteiger partial charge in [-0.05, 0) is 0 Å². The van der Waals surface area contributed by atoms with Crippen LogP contribution in [0.25, 0.3) is 0 Å². The van der Waals surface area contributed by atoms with Crippen molar-refractivity contribution >= 4 is 0 Å². The molecule has 0 radical (unpaired) electrons. The number of aliphatic hydroxyl groups is 4. The van der Waals surface area contributed by atoms with E-state index in [1.807, 2.05) is 0 Å². The smallest absolute Gasteiger partial charge is 0.109 e. The highest BCUT2D eigenvalue weighted by Gasteiger charge is 2.17. The van der Waals surface area contributed by atoms with Gasteiger partial charge in [-0.2, -0.15) is 0 Å². The number of rotatable bonds is 12. The topological polar surface area (TPSA) is 109 Å². The van der Waals surface area contributed by atoms with Gasteiger partial charge in [0.15, 0.2) is 0 Å². The van der Waals surface area contributed by atoms with Crippen molar-refractivity contribution in [2.75, 3.05) is 52.9 Å². The largest absolute Gasteiger partial charge is 0.394 e. The Labute approximate surface area is 101 Å². The molecule has 0 amide bonds. The van der Waals surface area contributed by atoms with Crippen LogP contribution in [0.5, 0.6) is 0 Å². The fourth-order valence-electron chi connectivity index (χ4n) is 1.05. The molecule has 17 heavy (non-hydrogen) atoms. The Bertz CT molecular complexity index is 156. The van der Waals surface area contributed by atoms with Crippen LogP contribution in [-0.4, -0.2) is 85.5 Å². The fourth-order valence-corrected chi connectivity index (χ4v) is 1.05. The van der Waals surface area contributed by atoms with E-state index in [1.54, 1.807) is 0 Å². The molecule has 0 heterocycles. The van der Waals surface area contributed by atoms with Crippen LogP contribution in [0, 0.1) is 0 Å².